The number of aliphatic imine (C=N–C) groups is 1. The van der Waals surface area contributed by atoms with Crippen LogP contribution < -0.4 is 0 Å². The van der Waals surface area contributed by atoms with E-state index < -0.39 is 0 Å². The fraction of sp³-hybridized carbons (Fsp3) is 0.482. The van der Waals surface area contributed by atoms with Crippen LogP contribution in [-0.4, -0.2) is 11.3 Å². The zero-order valence-electron chi connectivity index (χ0n) is 38.5. The molecule has 1 aliphatic carbocycles. The first kappa shape index (κ1) is 51.8. The first-order chi connectivity index (χ1) is 26.7. The van der Waals surface area contributed by atoms with Gasteiger partial charge in [-0.3, -0.25) is 4.99 Å². The van der Waals surface area contributed by atoms with Crippen molar-refractivity contribution in [3.8, 4) is 5.75 Å². The minimum Gasteiger partial charge on any atom is -0.508 e. The van der Waals surface area contributed by atoms with Gasteiger partial charge in [-0.1, -0.05) is 199 Å². The highest BCUT2D eigenvalue weighted by Crippen LogP contribution is 2.36. The zero-order valence-corrected chi connectivity index (χ0v) is 38.5. The van der Waals surface area contributed by atoms with Crippen LogP contribution in [-0.2, 0) is 25.7 Å². The monoisotopic (exact) mass is 786 g/mol. The molecule has 2 heteroatoms. The van der Waals surface area contributed by atoms with Crippen molar-refractivity contribution in [2.24, 2.45) is 33.6 Å². The largest absolute Gasteiger partial charge is 0.508 e. The topological polar surface area (TPSA) is 32.6 Å². The summed E-state index contributed by atoms with van der Waals surface area (Å²) in [7, 11) is 0. The third-order valence-electron chi connectivity index (χ3n) is 9.25. The van der Waals surface area contributed by atoms with Crippen molar-refractivity contribution in [3.63, 3.8) is 0 Å². The number of nitrogens with zero attached hydrogens (tertiary/aromatic N) is 1. The van der Waals surface area contributed by atoms with Crippen LogP contribution in [0.15, 0.2) is 120 Å². The first-order valence-corrected chi connectivity index (χ1v) is 21.6. The summed E-state index contributed by atoms with van der Waals surface area (Å²) in [5.74, 6) is 2.58. The number of hydrogen-bond donors (Lipinski definition) is 1. The average molecular weight is 786 g/mol. The average Bonchev–Trinajstić information content (AvgIpc) is 3.77. The molecule has 0 aromatic heterocycles. The van der Waals surface area contributed by atoms with Crippen molar-refractivity contribution in [2.45, 2.75) is 149 Å². The normalized spacial score (nSPS) is 12.7. The first-order valence-electron chi connectivity index (χ1n) is 21.6. The van der Waals surface area contributed by atoms with Crippen LogP contribution in [0.5, 0.6) is 5.75 Å². The Bertz CT molecular complexity index is 1810. The van der Waals surface area contributed by atoms with Gasteiger partial charge in [0.15, 0.2) is 0 Å². The van der Waals surface area contributed by atoms with Gasteiger partial charge in [-0.15, -0.1) is 0 Å². The quantitative estimate of drug-likeness (QED) is 0.190. The summed E-state index contributed by atoms with van der Waals surface area (Å²) in [6.07, 6.45) is 14.4. The van der Waals surface area contributed by atoms with E-state index in [1.54, 1.807) is 0 Å². The highest BCUT2D eigenvalue weighted by atomic mass is 16.3. The molecule has 2 nitrogen and oxygen atoms in total. The Morgan fingerprint density at radius 2 is 1.09 bits per heavy atom. The molecule has 0 fully saturated rings. The summed E-state index contributed by atoms with van der Waals surface area (Å²) in [5.41, 5.74) is 12.9. The molecular formula is C56H83NO. The van der Waals surface area contributed by atoms with E-state index in [0.29, 0.717) is 22.5 Å². The van der Waals surface area contributed by atoms with Gasteiger partial charge in [-0.2, -0.15) is 0 Å². The summed E-state index contributed by atoms with van der Waals surface area (Å²) in [6.45, 7) is 31.0. The molecule has 0 bridgehead atoms. The van der Waals surface area contributed by atoms with Crippen molar-refractivity contribution >= 4 is 11.8 Å². The van der Waals surface area contributed by atoms with Crippen LogP contribution in [0.3, 0.4) is 0 Å². The van der Waals surface area contributed by atoms with Crippen LogP contribution in [0.25, 0.3) is 5.57 Å². The van der Waals surface area contributed by atoms with Crippen molar-refractivity contribution in [1.29, 1.82) is 0 Å². The SMILES string of the molecule is C.CC(C)(C)CC1=CCC=N1.CC(C)(C)CC1=CCc2ccccc21.CC(C)Cc1ccccc1.Cc1ccc(CC(C)C)cc1.Cc1ccc(CC(C)C)cc1O. The summed E-state index contributed by atoms with van der Waals surface area (Å²) in [5, 5.41) is 9.41. The molecule has 6 rings (SSSR count). The van der Waals surface area contributed by atoms with Crippen LogP contribution in [0.1, 0.15) is 149 Å². The lowest BCUT2D eigenvalue weighted by molar-refractivity contribution is 0.408. The van der Waals surface area contributed by atoms with Gasteiger partial charge in [0, 0.05) is 18.3 Å². The Hall–Kier alpha value is -4.17. The van der Waals surface area contributed by atoms with E-state index in [9.17, 15) is 5.11 Å². The summed E-state index contributed by atoms with van der Waals surface area (Å²) in [4.78, 5) is 4.26. The molecule has 4 aromatic carbocycles. The minimum absolute atomic E-state index is 0. The summed E-state index contributed by atoms with van der Waals surface area (Å²) < 4.78 is 0. The molecule has 0 saturated carbocycles. The Kier molecular flexibility index (Phi) is 23.3. The Morgan fingerprint density at radius 3 is 1.59 bits per heavy atom. The lowest BCUT2D eigenvalue weighted by Gasteiger charge is -2.19. The lowest BCUT2D eigenvalue weighted by atomic mass is 9.86. The highest BCUT2D eigenvalue weighted by Gasteiger charge is 2.19. The number of hydrogen-bond acceptors (Lipinski definition) is 2. The predicted molar refractivity (Wildman–Crippen MR) is 260 cm³/mol. The van der Waals surface area contributed by atoms with Gasteiger partial charge in [0.2, 0.25) is 0 Å². The van der Waals surface area contributed by atoms with Gasteiger partial charge >= 0.3 is 0 Å². The molecule has 1 aliphatic heterocycles. The van der Waals surface area contributed by atoms with Gasteiger partial charge < -0.3 is 5.11 Å². The maximum atomic E-state index is 9.41. The molecule has 0 unspecified atom stereocenters. The van der Waals surface area contributed by atoms with Gasteiger partial charge in [0.05, 0.1) is 0 Å². The fourth-order valence-corrected chi connectivity index (χ4v) is 6.70. The summed E-state index contributed by atoms with van der Waals surface area (Å²) in [6, 6.07) is 34.1. The number of benzene rings is 4. The second-order valence-electron chi connectivity index (χ2n) is 19.7. The van der Waals surface area contributed by atoms with Crippen LogP contribution in [0.4, 0.5) is 0 Å². The number of aryl methyl sites for hydroxylation is 2. The second-order valence-corrected chi connectivity index (χ2v) is 19.7. The van der Waals surface area contributed by atoms with Crippen molar-refractivity contribution in [1.82, 2.24) is 0 Å². The molecule has 4 aromatic rings. The maximum Gasteiger partial charge on any atom is 0.118 e. The molecule has 318 valence electrons. The van der Waals surface area contributed by atoms with Gasteiger partial charge in [0.1, 0.15) is 5.75 Å². The van der Waals surface area contributed by atoms with E-state index in [-0.39, 0.29) is 7.43 Å². The molecule has 0 radical (unpaired) electrons. The molecule has 0 atom stereocenters. The van der Waals surface area contributed by atoms with Gasteiger partial charge in [-0.25, -0.2) is 0 Å². The number of allylic oxidation sites excluding steroid dienone is 4. The van der Waals surface area contributed by atoms with Crippen LogP contribution in [0, 0.1) is 42.4 Å². The fourth-order valence-electron chi connectivity index (χ4n) is 6.70. The molecular weight excluding hydrogens is 703 g/mol. The van der Waals surface area contributed by atoms with Gasteiger partial charge in [-0.05, 0) is 126 Å². The molecule has 1 heterocycles. The number of phenolic OH excluding ortho intramolecular Hbond substituents is 1. The number of aromatic hydroxyl groups is 1. The van der Waals surface area contributed by atoms with E-state index in [2.05, 4.69) is 192 Å². The molecule has 58 heavy (non-hydrogen) atoms. The smallest absolute Gasteiger partial charge is 0.118 e. The highest BCUT2D eigenvalue weighted by molar-refractivity contribution is 5.73. The minimum atomic E-state index is 0. The number of rotatable bonds is 8. The number of phenols is 1. The lowest BCUT2D eigenvalue weighted by Crippen LogP contribution is -2.05. The standard InChI is InChI=1S/C14H18.C11H16O.C11H16.C10H14.C9H15N.CH4/c1-14(2,3)10-12-9-8-11-6-4-5-7-13(11)12;1-8(2)6-10-5-4-9(3)11(12)7-10;1-9(2)8-11-6-4-10(3)5-7-11;1-9(2)8-10-6-4-3-5-7-10;1-9(2,3)7-8-5-4-6-10-8;/h4-7,9H,8,10H2,1-3H3;4-5,7-8,12H,6H2,1-3H3;4-7,9H,8H2,1-3H3;3-7,9H,8H2,1-2H3;5-6H,4,7H2,1-3H3;1H4. The van der Waals surface area contributed by atoms with E-state index >= 15 is 0 Å². The molecule has 1 N–H and O–H groups in total. The van der Waals surface area contributed by atoms with E-state index in [1.807, 2.05) is 25.3 Å². The van der Waals surface area contributed by atoms with Crippen molar-refractivity contribution in [2.75, 3.05) is 0 Å². The molecule has 0 saturated heterocycles. The molecule has 0 spiro atoms. The van der Waals surface area contributed by atoms with E-state index in [1.165, 1.54) is 63.9 Å². The van der Waals surface area contributed by atoms with Crippen molar-refractivity contribution < 1.29 is 5.11 Å². The second kappa shape index (κ2) is 26.0. The Balaban J connectivity index is 0.000000363. The third-order valence-corrected chi connectivity index (χ3v) is 9.25. The van der Waals surface area contributed by atoms with Gasteiger partial charge in [0.25, 0.3) is 0 Å². The van der Waals surface area contributed by atoms with E-state index in [0.717, 1.165) is 43.1 Å². The molecule has 0 amide bonds. The van der Waals surface area contributed by atoms with E-state index in [4.69, 9.17) is 0 Å². The molecule has 2 aliphatic rings. The predicted octanol–water partition coefficient (Wildman–Crippen LogP) is 16.5. The Morgan fingerprint density at radius 1 is 0.586 bits per heavy atom. The third kappa shape index (κ3) is 23.3. The van der Waals surface area contributed by atoms with Crippen LogP contribution >= 0.6 is 0 Å². The van der Waals surface area contributed by atoms with Crippen LogP contribution in [0.2, 0.25) is 0 Å². The van der Waals surface area contributed by atoms with Crippen molar-refractivity contribution in [3.05, 3.63) is 154 Å². The maximum absolute atomic E-state index is 9.41. The Labute approximate surface area is 358 Å². The summed E-state index contributed by atoms with van der Waals surface area (Å²) >= 11 is 0. The zero-order chi connectivity index (χ0) is 42.6. The number of fused-ring (bicyclic) bond motifs is 1.